The van der Waals surface area contributed by atoms with Crippen molar-refractivity contribution < 1.29 is 14.3 Å². The van der Waals surface area contributed by atoms with Crippen LogP contribution in [0.1, 0.15) is 43.2 Å². The Labute approximate surface area is 201 Å². The lowest BCUT2D eigenvalue weighted by Crippen LogP contribution is -2.55. The molecule has 3 aromatic rings. The Bertz CT molecular complexity index is 1190. The maximum absolute atomic E-state index is 13.9. The van der Waals surface area contributed by atoms with E-state index >= 15 is 0 Å². The second-order valence-corrected chi connectivity index (χ2v) is 9.86. The van der Waals surface area contributed by atoms with Gasteiger partial charge in [0.1, 0.15) is 0 Å². The van der Waals surface area contributed by atoms with Gasteiger partial charge in [-0.25, -0.2) is 0 Å². The number of carbonyl (C=O) groups is 2. The third kappa shape index (κ3) is 3.78. The quantitative estimate of drug-likeness (QED) is 0.624. The van der Waals surface area contributed by atoms with Crippen LogP contribution >= 0.6 is 0 Å². The van der Waals surface area contributed by atoms with Crippen LogP contribution in [0.15, 0.2) is 72.8 Å². The zero-order valence-electron chi connectivity index (χ0n) is 19.9. The molecule has 0 aliphatic carbocycles. The molecule has 0 radical (unpaired) electrons. The Morgan fingerprint density at radius 1 is 1.00 bits per heavy atom. The topological polar surface area (TPSA) is 58.6 Å². The predicted molar refractivity (Wildman–Crippen MR) is 133 cm³/mol. The molecule has 2 aliphatic rings. The number of nitrogens with one attached hydrogen (secondary N) is 1. The normalized spacial score (nSPS) is 21.8. The number of amides is 2. The highest BCUT2D eigenvalue weighted by Gasteiger charge is 2.49. The summed E-state index contributed by atoms with van der Waals surface area (Å²) in [5.41, 5.74) is 0.953. The summed E-state index contributed by atoms with van der Waals surface area (Å²) in [6, 6.07) is 24.6. The summed E-state index contributed by atoms with van der Waals surface area (Å²) in [6.07, 6.45) is 2.13. The van der Waals surface area contributed by atoms with Crippen molar-refractivity contribution in [3.05, 3.63) is 83.9 Å². The number of piperidine rings is 2. The maximum Gasteiger partial charge on any atom is 0.259 e. The van der Waals surface area contributed by atoms with E-state index in [1.807, 2.05) is 48.2 Å². The van der Waals surface area contributed by atoms with Crippen LogP contribution in [0.3, 0.4) is 0 Å². The summed E-state index contributed by atoms with van der Waals surface area (Å²) in [6.45, 7) is 3.78. The Balaban J connectivity index is 1.41. The molecule has 2 fully saturated rings. The minimum atomic E-state index is -1.08. The highest BCUT2D eigenvalue weighted by Crippen LogP contribution is 2.49. The molecular formula is C29H32N2O3. The average Bonchev–Trinajstić information content (AvgIpc) is 2.88. The van der Waals surface area contributed by atoms with Gasteiger partial charge in [0.25, 0.3) is 5.91 Å². The van der Waals surface area contributed by atoms with Crippen LogP contribution in [0.25, 0.3) is 10.8 Å². The second-order valence-electron chi connectivity index (χ2n) is 9.86. The minimum absolute atomic E-state index is 0.0160. The van der Waals surface area contributed by atoms with Crippen molar-refractivity contribution in [2.45, 2.75) is 37.7 Å². The lowest BCUT2D eigenvalue weighted by molar-refractivity contribution is -0.157. The van der Waals surface area contributed by atoms with Crippen LogP contribution < -0.4 is 5.32 Å². The van der Waals surface area contributed by atoms with Gasteiger partial charge in [0, 0.05) is 44.6 Å². The van der Waals surface area contributed by atoms with Gasteiger partial charge >= 0.3 is 0 Å². The number of ether oxygens (including phenoxy) is 1. The van der Waals surface area contributed by atoms with Crippen LogP contribution in [0.5, 0.6) is 0 Å². The summed E-state index contributed by atoms with van der Waals surface area (Å²) >= 11 is 0. The number of rotatable bonds is 4. The first-order valence-corrected chi connectivity index (χ1v) is 12.1. The molecule has 2 atom stereocenters. The molecule has 1 N–H and O–H groups in total. The van der Waals surface area contributed by atoms with E-state index in [2.05, 4.69) is 41.7 Å². The van der Waals surface area contributed by atoms with Crippen molar-refractivity contribution in [1.29, 1.82) is 0 Å². The van der Waals surface area contributed by atoms with Gasteiger partial charge in [0.15, 0.2) is 5.60 Å². The molecule has 176 valence electrons. The minimum Gasteiger partial charge on any atom is -0.364 e. The van der Waals surface area contributed by atoms with Crippen molar-refractivity contribution in [3.8, 4) is 0 Å². The molecule has 2 saturated heterocycles. The van der Waals surface area contributed by atoms with Gasteiger partial charge in [-0.05, 0) is 41.5 Å². The fourth-order valence-electron chi connectivity index (χ4n) is 6.03. The number of likely N-dealkylation sites (tertiary alicyclic amines) is 1. The van der Waals surface area contributed by atoms with Crippen LogP contribution in [-0.2, 0) is 19.9 Å². The molecule has 5 nitrogen and oxygen atoms in total. The van der Waals surface area contributed by atoms with Gasteiger partial charge in [-0.15, -0.1) is 0 Å². The van der Waals surface area contributed by atoms with E-state index in [1.165, 1.54) is 5.56 Å². The van der Waals surface area contributed by atoms with Gasteiger partial charge in [-0.3, -0.25) is 9.59 Å². The van der Waals surface area contributed by atoms with Crippen molar-refractivity contribution in [1.82, 2.24) is 10.2 Å². The van der Waals surface area contributed by atoms with Crippen molar-refractivity contribution in [2.24, 2.45) is 5.41 Å². The lowest BCUT2D eigenvalue weighted by Gasteiger charge is -2.50. The van der Waals surface area contributed by atoms with E-state index in [9.17, 15) is 9.59 Å². The highest BCUT2D eigenvalue weighted by atomic mass is 16.5. The van der Waals surface area contributed by atoms with Crippen LogP contribution in [0.2, 0.25) is 0 Å². The summed E-state index contributed by atoms with van der Waals surface area (Å²) < 4.78 is 5.94. The smallest absolute Gasteiger partial charge is 0.259 e. The predicted octanol–water partition coefficient (Wildman–Crippen LogP) is 4.61. The molecule has 2 aliphatic heterocycles. The number of benzene rings is 3. The monoisotopic (exact) mass is 456 g/mol. The first-order chi connectivity index (χ1) is 16.5. The molecule has 5 rings (SSSR count). The highest BCUT2D eigenvalue weighted by molar-refractivity contribution is 5.94. The molecular weight excluding hydrogens is 424 g/mol. The van der Waals surface area contributed by atoms with Crippen LogP contribution in [0, 0.1) is 5.41 Å². The number of nitrogens with zero attached hydrogens (tertiary/aromatic N) is 1. The van der Waals surface area contributed by atoms with Crippen LogP contribution in [0.4, 0.5) is 0 Å². The van der Waals surface area contributed by atoms with Gasteiger partial charge < -0.3 is 15.0 Å². The molecule has 1 unspecified atom stereocenters. The van der Waals surface area contributed by atoms with Gasteiger partial charge in [-0.1, -0.05) is 72.8 Å². The first kappa shape index (κ1) is 22.6. The summed E-state index contributed by atoms with van der Waals surface area (Å²) in [5, 5.41) is 5.19. The molecule has 0 bridgehead atoms. The Morgan fingerprint density at radius 3 is 2.41 bits per heavy atom. The number of methoxy groups -OCH3 is 1. The molecule has 34 heavy (non-hydrogen) atoms. The molecule has 5 heteroatoms. The lowest BCUT2D eigenvalue weighted by atomic mass is 9.62. The Morgan fingerprint density at radius 2 is 1.68 bits per heavy atom. The fourth-order valence-corrected chi connectivity index (χ4v) is 6.03. The first-order valence-electron chi connectivity index (χ1n) is 12.1. The molecule has 0 saturated carbocycles. The third-order valence-corrected chi connectivity index (χ3v) is 8.12. The number of hydrogen-bond donors (Lipinski definition) is 1. The Kier molecular flexibility index (Phi) is 5.90. The molecule has 1 spiro atoms. The summed E-state index contributed by atoms with van der Waals surface area (Å²) in [4.78, 5) is 28.3. The van der Waals surface area contributed by atoms with Crippen molar-refractivity contribution in [3.63, 3.8) is 0 Å². The summed E-state index contributed by atoms with van der Waals surface area (Å²) in [5.74, 6) is 0.359. The summed E-state index contributed by atoms with van der Waals surface area (Å²) in [7, 11) is 1.61. The standard InChI is InChI=1S/C29H32N2O3/c1-28(34-2,24-14-8-12-21-9-6-7-13-23(21)24)27(33)31-17-15-29(16-18-31)19-26(32)30-20-25(29)22-10-4-3-5-11-22/h3-14,25H,15-20H2,1-2H3,(H,30,32)/t25-,28?/m0/s1. The van der Waals surface area contributed by atoms with E-state index in [0.29, 0.717) is 26.1 Å². The van der Waals surface area contributed by atoms with Gasteiger partial charge in [0.2, 0.25) is 5.91 Å². The molecule has 3 aromatic carbocycles. The van der Waals surface area contributed by atoms with Gasteiger partial charge in [-0.2, -0.15) is 0 Å². The van der Waals surface area contributed by atoms with Crippen molar-refractivity contribution in [2.75, 3.05) is 26.7 Å². The molecule has 0 aromatic heterocycles. The van der Waals surface area contributed by atoms with E-state index in [-0.39, 0.29) is 23.1 Å². The second kappa shape index (κ2) is 8.88. The zero-order chi connectivity index (χ0) is 23.8. The third-order valence-electron chi connectivity index (χ3n) is 8.12. The van der Waals surface area contributed by atoms with Crippen molar-refractivity contribution >= 4 is 22.6 Å². The molecule has 2 amide bonds. The van der Waals surface area contributed by atoms with E-state index in [1.54, 1.807) is 7.11 Å². The SMILES string of the molecule is COC(C)(C(=O)N1CCC2(CC1)CC(=O)NC[C@H]2c1ccccc1)c1cccc2ccccc12. The fraction of sp³-hybridized carbons (Fsp3) is 0.379. The number of fused-ring (bicyclic) bond motifs is 1. The zero-order valence-corrected chi connectivity index (χ0v) is 19.9. The molecule has 2 heterocycles. The Hall–Kier alpha value is -3.18. The number of carbonyl (C=O) groups excluding carboxylic acids is 2. The van der Waals surface area contributed by atoms with Crippen LogP contribution in [-0.4, -0.2) is 43.5 Å². The van der Waals surface area contributed by atoms with Gasteiger partial charge in [0.05, 0.1) is 0 Å². The van der Waals surface area contributed by atoms with E-state index in [0.717, 1.165) is 29.2 Å². The largest absolute Gasteiger partial charge is 0.364 e. The number of hydrogen-bond acceptors (Lipinski definition) is 3. The average molecular weight is 457 g/mol. The maximum atomic E-state index is 13.9. The van der Waals surface area contributed by atoms with E-state index in [4.69, 9.17) is 4.74 Å². The van der Waals surface area contributed by atoms with E-state index < -0.39 is 5.60 Å².